The summed E-state index contributed by atoms with van der Waals surface area (Å²) in [4.78, 5) is 4.87. The van der Waals surface area contributed by atoms with Crippen LogP contribution in [-0.2, 0) is 12.8 Å². The van der Waals surface area contributed by atoms with Crippen LogP contribution in [0.2, 0.25) is 0 Å². The Bertz CT molecular complexity index is 234. The fourth-order valence-corrected chi connectivity index (χ4v) is 1.75. The van der Waals surface area contributed by atoms with Gasteiger partial charge in [0.05, 0.1) is 9.88 Å². The molecule has 1 aromatic rings. The molecule has 11 heavy (non-hydrogen) atoms. The molecule has 3 nitrogen and oxygen atoms in total. The molecule has 0 aromatic carbocycles. The molecule has 0 unspecified atom stereocenters. The van der Waals surface area contributed by atoms with Crippen LogP contribution < -0.4 is 5.73 Å². The minimum absolute atomic E-state index is 0.164. The smallest absolute Gasteiger partial charge is 0.225 e. The molecule has 0 aliphatic heterocycles. The predicted molar refractivity (Wildman–Crippen MR) is 45.9 cm³/mol. The Labute approximate surface area is 69.9 Å². The van der Waals surface area contributed by atoms with Crippen LogP contribution in [0.1, 0.15) is 16.8 Å². The van der Waals surface area contributed by atoms with Crippen molar-refractivity contribution in [3.05, 3.63) is 9.88 Å². The maximum absolute atomic E-state index is 9.24. The average molecular weight is 172 g/mol. The molecule has 0 radical (unpaired) electrons. The van der Waals surface area contributed by atoms with Crippen LogP contribution in [0.4, 0.5) is 0 Å². The molecule has 0 spiro atoms. The monoisotopic (exact) mass is 172 g/mol. The molecule has 0 saturated heterocycles. The minimum atomic E-state index is 0.164. The summed E-state index contributed by atoms with van der Waals surface area (Å²) in [5.74, 6) is 0.164. The number of nitrogens with zero attached hydrogens (tertiary/aromatic N) is 1. The second-order valence-corrected chi connectivity index (χ2v) is 3.41. The van der Waals surface area contributed by atoms with E-state index in [1.165, 1.54) is 0 Å². The number of thiazole rings is 1. The Balaban J connectivity index is 2.79. The molecule has 1 aromatic heterocycles. The summed E-state index contributed by atoms with van der Waals surface area (Å²) < 4.78 is 0. The third kappa shape index (κ3) is 1.91. The van der Waals surface area contributed by atoms with E-state index < -0.39 is 0 Å². The molecule has 4 heteroatoms. The Morgan fingerprint density at radius 3 is 2.82 bits per heavy atom. The van der Waals surface area contributed by atoms with Crippen LogP contribution in [0.5, 0.6) is 5.88 Å². The molecular formula is C7H12N2OS. The number of aromatic nitrogens is 1. The van der Waals surface area contributed by atoms with Gasteiger partial charge in [-0.15, -0.1) is 11.3 Å². The maximum Gasteiger partial charge on any atom is 0.225 e. The van der Waals surface area contributed by atoms with Crippen molar-refractivity contribution < 1.29 is 5.11 Å². The van der Waals surface area contributed by atoms with Crippen molar-refractivity contribution in [2.45, 2.75) is 19.8 Å². The van der Waals surface area contributed by atoms with Crippen LogP contribution >= 0.6 is 11.3 Å². The van der Waals surface area contributed by atoms with E-state index in [4.69, 9.17) is 5.73 Å². The standard InChI is InChI=1S/C7H12N2OS/c1-2-6-9-7(10)5(11-6)3-4-8/h10H,2-4,8H2,1H3. The third-order valence-corrected chi connectivity index (χ3v) is 2.64. The van der Waals surface area contributed by atoms with Crippen LogP contribution in [-0.4, -0.2) is 16.6 Å². The summed E-state index contributed by atoms with van der Waals surface area (Å²) >= 11 is 1.54. The van der Waals surface area contributed by atoms with Crippen molar-refractivity contribution in [1.82, 2.24) is 4.98 Å². The van der Waals surface area contributed by atoms with Crippen LogP contribution in [0.25, 0.3) is 0 Å². The van der Waals surface area contributed by atoms with Crippen molar-refractivity contribution in [3.63, 3.8) is 0 Å². The first-order valence-electron chi connectivity index (χ1n) is 3.65. The van der Waals surface area contributed by atoms with Gasteiger partial charge in [0.1, 0.15) is 0 Å². The molecule has 0 saturated carbocycles. The highest BCUT2D eigenvalue weighted by molar-refractivity contribution is 7.11. The number of hydrogen-bond donors (Lipinski definition) is 2. The van der Waals surface area contributed by atoms with E-state index in [-0.39, 0.29) is 5.88 Å². The molecule has 3 N–H and O–H groups in total. The largest absolute Gasteiger partial charge is 0.492 e. The number of nitrogens with two attached hydrogens (primary N) is 1. The summed E-state index contributed by atoms with van der Waals surface area (Å²) in [5.41, 5.74) is 5.35. The number of aromatic hydroxyl groups is 1. The van der Waals surface area contributed by atoms with Crippen molar-refractivity contribution in [2.24, 2.45) is 5.73 Å². The number of aryl methyl sites for hydroxylation is 1. The van der Waals surface area contributed by atoms with Crippen molar-refractivity contribution in [1.29, 1.82) is 0 Å². The lowest BCUT2D eigenvalue weighted by Gasteiger charge is -1.89. The molecule has 0 fully saturated rings. The second-order valence-electron chi connectivity index (χ2n) is 2.25. The highest BCUT2D eigenvalue weighted by atomic mass is 32.1. The van der Waals surface area contributed by atoms with E-state index in [9.17, 15) is 5.11 Å². The van der Waals surface area contributed by atoms with E-state index in [1.807, 2.05) is 6.92 Å². The zero-order chi connectivity index (χ0) is 8.27. The summed E-state index contributed by atoms with van der Waals surface area (Å²) in [7, 11) is 0. The van der Waals surface area contributed by atoms with Crippen molar-refractivity contribution in [2.75, 3.05) is 6.54 Å². The van der Waals surface area contributed by atoms with Gasteiger partial charge in [-0.2, -0.15) is 0 Å². The quantitative estimate of drug-likeness (QED) is 0.712. The summed E-state index contributed by atoms with van der Waals surface area (Å²) in [5, 5.41) is 10.2. The third-order valence-electron chi connectivity index (χ3n) is 1.39. The number of rotatable bonds is 3. The molecule has 0 aliphatic rings. The molecule has 62 valence electrons. The summed E-state index contributed by atoms with van der Waals surface area (Å²) in [6.45, 7) is 2.59. The van der Waals surface area contributed by atoms with Gasteiger partial charge in [-0.25, -0.2) is 4.98 Å². The Hall–Kier alpha value is -0.610. The fourth-order valence-electron chi connectivity index (χ4n) is 0.836. The highest BCUT2D eigenvalue weighted by Crippen LogP contribution is 2.24. The van der Waals surface area contributed by atoms with E-state index in [0.29, 0.717) is 6.54 Å². The SMILES string of the molecule is CCc1nc(O)c(CCN)s1. The van der Waals surface area contributed by atoms with Gasteiger partial charge in [0.15, 0.2) is 0 Å². The van der Waals surface area contributed by atoms with Gasteiger partial charge in [0, 0.05) is 0 Å². The predicted octanol–water partition coefficient (Wildman–Crippen LogP) is 0.912. The van der Waals surface area contributed by atoms with E-state index in [1.54, 1.807) is 11.3 Å². The van der Waals surface area contributed by atoms with E-state index >= 15 is 0 Å². The normalized spacial score (nSPS) is 10.4. The summed E-state index contributed by atoms with van der Waals surface area (Å²) in [6, 6.07) is 0. The lowest BCUT2D eigenvalue weighted by atomic mass is 10.4. The van der Waals surface area contributed by atoms with Gasteiger partial charge in [-0.3, -0.25) is 0 Å². The lowest BCUT2D eigenvalue weighted by molar-refractivity contribution is 0.450. The molecule has 1 rings (SSSR count). The molecular weight excluding hydrogens is 160 g/mol. The van der Waals surface area contributed by atoms with Crippen LogP contribution in [0.3, 0.4) is 0 Å². The molecule has 1 heterocycles. The Kier molecular flexibility index (Phi) is 2.84. The zero-order valence-corrected chi connectivity index (χ0v) is 7.32. The molecule has 0 atom stereocenters. The van der Waals surface area contributed by atoms with Crippen LogP contribution in [0.15, 0.2) is 0 Å². The van der Waals surface area contributed by atoms with Crippen molar-refractivity contribution >= 4 is 11.3 Å². The van der Waals surface area contributed by atoms with E-state index in [0.717, 1.165) is 22.7 Å². The fraction of sp³-hybridized carbons (Fsp3) is 0.571. The first-order chi connectivity index (χ1) is 5.27. The average Bonchev–Trinajstić information content (AvgIpc) is 2.33. The van der Waals surface area contributed by atoms with Gasteiger partial charge in [0.2, 0.25) is 5.88 Å². The van der Waals surface area contributed by atoms with Gasteiger partial charge in [-0.1, -0.05) is 6.92 Å². The minimum Gasteiger partial charge on any atom is -0.492 e. The first-order valence-corrected chi connectivity index (χ1v) is 4.47. The summed E-state index contributed by atoms with van der Waals surface area (Å²) in [6.07, 6.45) is 1.60. The van der Waals surface area contributed by atoms with Gasteiger partial charge < -0.3 is 10.8 Å². The zero-order valence-electron chi connectivity index (χ0n) is 6.50. The van der Waals surface area contributed by atoms with E-state index in [2.05, 4.69) is 4.98 Å². The van der Waals surface area contributed by atoms with Gasteiger partial charge >= 0.3 is 0 Å². The molecule has 0 amide bonds. The maximum atomic E-state index is 9.24. The Morgan fingerprint density at radius 1 is 1.64 bits per heavy atom. The van der Waals surface area contributed by atoms with Gasteiger partial charge in [0.25, 0.3) is 0 Å². The molecule has 0 aliphatic carbocycles. The van der Waals surface area contributed by atoms with Crippen molar-refractivity contribution in [3.8, 4) is 5.88 Å². The van der Waals surface area contributed by atoms with Crippen LogP contribution in [0, 0.1) is 0 Å². The van der Waals surface area contributed by atoms with Gasteiger partial charge in [-0.05, 0) is 19.4 Å². The number of hydrogen-bond acceptors (Lipinski definition) is 4. The first kappa shape index (κ1) is 8.49. The topological polar surface area (TPSA) is 59.1 Å². The Morgan fingerprint density at radius 2 is 2.36 bits per heavy atom. The second kappa shape index (κ2) is 3.69. The highest BCUT2D eigenvalue weighted by Gasteiger charge is 2.06. The molecule has 0 bridgehead atoms. The lowest BCUT2D eigenvalue weighted by Crippen LogP contribution is -2.00.